The molecule has 1 aliphatic rings. The molecule has 0 unspecified atom stereocenters. The summed E-state index contributed by atoms with van der Waals surface area (Å²) in [5, 5.41) is 0.644. The highest BCUT2D eigenvalue weighted by Gasteiger charge is 2.03. The van der Waals surface area contributed by atoms with Crippen molar-refractivity contribution in [1.29, 1.82) is 0 Å². The Balaban J connectivity index is 2.42. The van der Waals surface area contributed by atoms with Gasteiger partial charge in [-0.05, 0) is 11.9 Å². The molecule has 0 fully saturated rings. The SMILES string of the molecule is CN1C=CN(F)CS1. The number of halogens is 1. The van der Waals surface area contributed by atoms with Crippen LogP contribution in [0, 0.1) is 0 Å². The van der Waals surface area contributed by atoms with E-state index in [0.29, 0.717) is 11.0 Å². The van der Waals surface area contributed by atoms with Crippen molar-refractivity contribution < 1.29 is 4.48 Å². The van der Waals surface area contributed by atoms with E-state index in [2.05, 4.69) is 0 Å². The molecule has 46 valence electrons. The number of hydrogen-bond acceptors (Lipinski definition) is 3. The first-order valence-electron chi connectivity index (χ1n) is 2.25. The molecule has 8 heavy (non-hydrogen) atoms. The lowest BCUT2D eigenvalue weighted by Crippen LogP contribution is -2.15. The molecule has 2 nitrogen and oxygen atoms in total. The van der Waals surface area contributed by atoms with Gasteiger partial charge in [0.05, 0.1) is 6.20 Å². The van der Waals surface area contributed by atoms with Gasteiger partial charge in [-0.3, -0.25) is 0 Å². The third kappa shape index (κ3) is 1.30. The highest BCUT2D eigenvalue weighted by Crippen LogP contribution is 2.15. The third-order valence-corrected chi connectivity index (χ3v) is 1.71. The van der Waals surface area contributed by atoms with Gasteiger partial charge in [-0.2, -0.15) is 0 Å². The van der Waals surface area contributed by atoms with Crippen LogP contribution in [0.5, 0.6) is 0 Å². The zero-order valence-corrected chi connectivity index (χ0v) is 5.36. The molecule has 0 aromatic rings. The quantitative estimate of drug-likeness (QED) is 0.363. The molecule has 0 saturated heterocycles. The van der Waals surface area contributed by atoms with E-state index in [0.717, 1.165) is 0 Å². The molecule has 0 atom stereocenters. The fraction of sp³-hybridized carbons (Fsp3) is 0.500. The Kier molecular flexibility index (Phi) is 1.62. The van der Waals surface area contributed by atoms with E-state index < -0.39 is 0 Å². The van der Waals surface area contributed by atoms with Crippen LogP contribution in [0.1, 0.15) is 0 Å². The van der Waals surface area contributed by atoms with E-state index >= 15 is 0 Å². The highest BCUT2D eigenvalue weighted by atomic mass is 32.2. The minimum atomic E-state index is 0.396. The van der Waals surface area contributed by atoms with Crippen molar-refractivity contribution in [3.05, 3.63) is 12.4 Å². The summed E-state index contributed by atoms with van der Waals surface area (Å²) >= 11 is 1.42. The molecule has 0 N–H and O–H groups in total. The summed E-state index contributed by atoms with van der Waals surface area (Å²) in [6, 6.07) is 0. The second-order valence-electron chi connectivity index (χ2n) is 1.50. The molecule has 0 bridgehead atoms. The molecule has 0 saturated carbocycles. The van der Waals surface area contributed by atoms with Gasteiger partial charge >= 0.3 is 0 Å². The zero-order chi connectivity index (χ0) is 5.98. The monoisotopic (exact) mass is 134 g/mol. The summed E-state index contributed by atoms with van der Waals surface area (Å²) in [7, 11) is 1.88. The number of nitrogens with zero attached hydrogens (tertiary/aromatic N) is 2. The minimum absolute atomic E-state index is 0.396. The van der Waals surface area contributed by atoms with Gasteiger partial charge in [0.2, 0.25) is 0 Å². The Bertz CT molecular complexity index is 94.2. The normalized spacial score (nSPS) is 19.8. The van der Waals surface area contributed by atoms with Crippen LogP contribution < -0.4 is 0 Å². The van der Waals surface area contributed by atoms with Gasteiger partial charge in [-0.1, -0.05) is 4.48 Å². The van der Waals surface area contributed by atoms with Crippen LogP contribution in [0.15, 0.2) is 12.4 Å². The van der Waals surface area contributed by atoms with Crippen LogP contribution in [0.25, 0.3) is 0 Å². The van der Waals surface area contributed by atoms with Crippen LogP contribution in [-0.4, -0.2) is 22.4 Å². The van der Waals surface area contributed by atoms with Gasteiger partial charge in [-0.15, -0.1) is 0 Å². The minimum Gasteiger partial charge on any atom is -0.323 e. The van der Waals surface area contributed by atoms with Crippen molar-refractivity contribution in [2.24, 2.45) is 0 Å². The molecule has 0 radical (unpaired) electrons. The summed E-state index contributed by atoms with van der Waals surface area (Å²) in [6.07, 6.45) is 3.07. The summed E-state index contributed by atoms with van der Waals surface area (Å²) in [5.41, 5.74) is 0. The molecule has 0 aliphatic carbocycles. The second-order valence-corrected chi connectivity index (χ2v) is 2.59. The smallest absolute Gasteiger partial charge is 0.115 e. The van der Waals surface area contributed by atoms with Crippen molar-refractivity contribution >= 4 is 11.9 Å². The Hall–Kier alpha value is -0.380. The lowest BCUT2D eigenvalue weighted by atomic mass is 10.8. The lowest BCUT2D eigenvalue weighted by molar-refractivity contribution is 0.113. The molecule has 0 amide bonds. The Morgan fingerprint density at radius 2 is 2.38 bits per heavy atom. The summed E-state index contributed by atoms with van der Waals surface area (Å²) in [5.74, 6) is 0.396. The molecule has 0 aromatic heterocycles. The van der Waals surface area contributed by atoms with Crippen molar-refractivity contribution in [2.75, 3.05) is 12.9 Å². The summed E-state index contributed by atoms with van der Waals surface area (Å²) < 4.78 is 13.9. The maximum Gasteiger partial charge on any atom is 0.115 e. The second kappa shape index (κ2) is 2.26. The maximum atomic E-state index is 12.1. The van der Waals surface area contributed by atoms with Gasteiger partial charge in [0.1, 0.15) is 5.88 Å². The molecule has 0 aromatic carbocycles. The van der Waals surface area contributed by atoms with Gasteiger partial charge in [0.15, 0.2) is 0 Å². The predicted molar refractivity (Wildman–Crippen MR) is 32.3 cm³/mol. The first-order chi connectivity index (χ1) is 3.79. The third-order valence-electron chi connectivity index (χ3n) is 0.823. The average molecular weight is 134 g/mol. The molecular formula is C4H7FN2S. The Labute approximate surface area is 52.0 Å². The van der Waals surface area contributed by atoms with Crippen molar-refractivity contribution in [1.82, 2.24) is 9.43 Å². The molecule has 4 heteroatoms. The van der Waals surface area contributed by atoms with Gasteiger partial charge in [-0.25, -0.2) is 5.12 Å². The first-order valence-corrected chi connectivity index (χ1v) is 3.20. The molecule has 1 heterocycles. The fourth-order valence-electron chi connectivity index (χ4n) is 0.399. The van der Waals surface area contributed by atoms with Gasteiger partial charge in [0.25, 0.3) is 0 Å². The van der Waals surface area contributed by atoms with E-state index in [1.807, 2.05) is 11.4 Å². The van der Waals surface area contributed by atoms with E-state index in [4.69, 9.17) is 0 Å². The lowest BCUT2D eigenvalue weighted by Gasteiger charge is -2.19. The van der Waals surface area contributed by atoms with E-state index in [-0.39, 0.29) is 0 Å². The van der Waals surface area contributed by atoms with E-state index in [1.54, 1.807) is 6.20 Å². The maximum absolute atomic E-state index is 12.1. The first kappa shape index (κ1) is 5.75. The predicted octanol–water partition coefficient (Wildman–Crippen LogP) is 1.20. The average Bonchev–Trinajstić information content (AvgIpc) is 1.77. The molecule has 1 aliphatic heterocycles. The van der Waals surface area contributed by atoms with Crippen molar-refractivity contribution in [3.8, 4) is 0 Å². The molecule has 1 rings (SSSR count). The van der Waals surface area contributed by atoms with Gasteiger partial charge < -0.3 is 4.31 Å². The van der Waals surface area contributed by atoms with Crippen LogP contribution in [0.4, 0.5) is 4.48 Å². The largest absolute Gasteiger partial charge is 0.323 e. The van der Waals surface area contributed by atoms with Crippen LogP contribution in [0.3, 0.4) is 0 Å². The van der Waals surface area contributed by atoms with E-state index in [1.165, 1.54) is 18.1 Å². The van der Waals surface area contributed by atoms with E-state index in [9.17, 15) is 4.48 Å². The van der Waals surface area contributed by atoms with Crippen molar-refractivity contribution in [3.63, 3.8) is 0 Å². The topological polar surface area (TPSA) is 6.48 Å². The Morgan fingerprint density at radius 3 is 2.75 bits per heavy atom. The van der Waals surface area contributed by atoms with Crippen molar-refractivity contribution in [2.45, 2.75) is 0 Å². The standard InChI is InChI=1S/C4H7FN2S/c1-6-2-3-7(5)4-8-6/h2-3H,4H2,1H3. The summed E-state index contributed by atoms with van der Waals surface area (Å²) in [6.45, 7) is 0. The summed E-state index contributed by atoms with van der Waals surface area (Å²) in [4.78, 5) is 0. The number of rotatable bonds is 0. The van der Waals surface area contributed by atoms with Crippen LogP contribution >= 0.6 is 11.9 Å². The fourth-order valence-corrected chi connectivity index (χ4v) is 0.918. The van der Waals surface area contributed by atoms with Gasteiger partial charge in [0, 0.05) is 13.2 Å². The zero-order valence-electron chi connectivity index (χ0n) is 4.54. The highest BCUT2D eigenvalue weighted by molar-refractivity contribution is 7.97. The molecule has 0 spiro atoms. The molecular weight excluding hydrogens is 127 g/mol. The van der Waals surface area contributed by atoms with Crippen LogP contribution in [-0.2, 0) is 0 Å². The number of hydrogen-bond donors (Lipinski definition) is 0. The van der Waals surface area contributed by atoms with Crippen LogP contribution in [0.2, 0.25) is 0 Å². The Morgan fingerprint density at radius 1 is 1.62 bits per heavy atom.